The monoisotopic (exact) mass is 185 g/mol. The maximum atomic E-state index is 8.70. The van der Waals surface area contributed by atoms with Crippen LogP contribution in [0.3, 0.4) is 0 Å². The van der Waals surface area contributed by atoms with Crippen molar-refractivity contribution >= 4 is 17.4 Å². The van der Waals surface area contributed by atoms with Crippen molar-refractivity contribution in [2.24, 2.45) is 0 Å². The number of hydrogen-bond donors (Lipinski definition) is 2. The van der Waals surface area contributed by atoms with Crippen LogP contribution in [0.15, 0.2) is 11.5 Å². The van der Waals surface area contributed by atoms with Gasteiger partial charge in [-0.05, 0) is 12.5 Å². The van der Waals surface area contributed by atoms with Gasteiger partial charge in [0.2, 0.25) is 0 Å². The zero-order valence-electron chi connectivity index (χ0n) is 6.60. The molecule has 0 saturated heterocycles. The fraction of sp³-hybridized carbons (Fsp3) is 0.375. The van der Waals surface area contributed by atoms with Gasteiger partial charge in [-0.15, -0.1) is 11.3 Å². The lowest BCUT2D eigenvalue weighted by atomic mass is 10.4. The Morgan fingerprint density at radius 3 is 2.92 bits per heavy atom. The molecule has 66 valence electrons. The van der Waals surface area contributed by atoms with Gasteiger partial charge in [0.05, 0.1) is 12.3 Å². The normalized spacial score (nSPS) is 11.2. The summed E-state index contributed by atoms with van der Waals surface area (Å²) in [6, 6.07) is 0. The Kier molecular flexibility index (Phi) is 3.93. The first-order valence-electron chi connectivity index (χ1n) is 3.69. The molecule has 0 fully saturated rings. The first kappa shape index (κ1) is 9.38. The number of hydrogen-bond acceptors (Lipinski definition) is 4. The fourth-order valence-corrected chi connectivity index (χ4v) is 1.46. The quantitative estimate of drug-likeness (QED) is 0.736. The molecule has 0 unspecified atom stereocenters. The minimum Gasteiger partial charge on any atom is -0.396 e. The maximum Gasteiger partial charge on any atom is 0.116 e. The average Bonchev–Trinajstić information content (AvgIpc) is 2.53. The van der Waals surface area contributed by atoms with Crippen molar-refractivity contribution in [1.29, 1.82) is 0 Å². The molecular formula is C8H11NO2S. The Hall–Kier alpha value is -0.710. The van der Waals surface area contributed by atoms with Gasteiger partial charge in [0.1, 0.15) is 5.01 Å². The standard InChI is InChI=1S/C8H11NO2S/c10-4-2-1-3-8-9-7(5-11)6-12-8/h1,3,6,10-11H,2,4-5H2. The molecule has 0 aliphatic carbocycles. The molecule has 0 bridgehead atoms. The van der Waals surface area contributed by atoms with Crippen molar-refractivity contribution in [3.8, 4) is 0 Å². The highest BCUT2D eigenvalue weighted by Crippen LogP contribution is 2.11. The summed E-state index contributed by atoms with van der Waals surface area (Å²) in [6.45, 7) is 0.152. The van der Waals surface area contributed by atoms with Gasteiger partial charge in [0.15, 0.2) is 0 Å². The van der Waals surface area contributed by atoms with Gasteiger partial charge in [0.25, 0.3) is 0 Å². The molecule has 0 saturated carbocycles. The summed E-state index contributed by atoms with van der Waals surface area (Å²) < 4.78 is 0. The zero-order valence-corrected chi connectivity index (χ0v) is 7.42. The Labute approximate surface area is 75.0 Å². The maximum absolute atomic E-state index is 8.70. The summed E-state index contributed by atoms with van der Waals surface area (Å²) in [5, 5.41) is 19.9. The number of rotatable bonds is 4. The van der Waals surface area contributed by atoms with E-state index in [1.807, 2.05) is 17.5 Å². The molecule has 4 heteroatoms. The molecule has 1 heterocycles. The van der Waals surface area contributed by atoms with Crippen LogP contribution < -0.4 is 0 Å². The summed E-state index contributed by atoms with van der Waals surface area (Å²) in [5.74, 6) is 0. The van der Waals surface area contributed by atoms with Crippen LogP contribution >= 0.6 is 11.3 Å². The van der Waals surface area contributed by atoms with Crippen LogP contribution in [-0.2, 0) is 6.61 Å². The first-order chi connectivity index (χ1) is 5.86. The van der Waals surface area contributed by atoms with Crippen molar-refractivity contribution in [2.75, 3.05) is 6.61 Å². The molecule has 1 aromatic heterocycles. The molecule has 0 spiro atoms. The van der Waals surface area contributed by atoms with Crippen molar-refractivity contribution < 1.29 is 10.2 Å². The van der Waals surface area contributed by atoms with E-state index >= 15 is 0 Å². The van der Waals surface area contributed by atoms with Gasteiger partial charge in [0, 0.05) is 12.0 Å². The van der Waals surface area contributed by atoms with Crippen molar-refractivity contribution in [3.63, 3.8) is 0 Å². The molecule has 0 radical (unpaired) electrons. The molecule has 12 heavy (non-hydrogen) atoms. The lowest BCUT2D eigenvalue weighted by Gasteiger charge is -1.84. The summed E-state index contributed by atoms with van der Waals surface area (Å²) in [5.41, 5.74) is 0.698. The van der Waals surface area contributed by atoms with E-state index < -0.39 is 0 Å². The Bertz CT molecular complexity index is 257. The summed E-state index contributed by atoms with van der Waals surface area (Å²) in [4.78, 5) is 4.10. The van der Waals surface area contributed by atoms with E-state index in [4.69, 9.17) is 10.2 Å². The second-order valence-electron chi connectivity index (χ2n) is 2.25. The second-order valence-corrected chi connectivity index (χ2v) is 3.14. The third-order valence-electron chi connectivity index (χ3n) is 1.29. The van der Waals surface area contributed by atoms with E-state index in [2.05, 4.69) is 4.98 Å². The van der Waals surface area contributed by atoms with Gasteiger partial charge in [-0.3, -0.25) is 0 Å². The second kappa shape index (κ2) is 5.03. The Morgan fingerprint density at radius 1 is 1.50 bits per heavy atom. The van der Waals surface area contributed by atoms with Crippen LogP contribution in [0.2, 0.25) is 0 Å². The van der Waals surface area contributed by atoms with E-state index in [-0.39, 0.29) is 13.2 Å². The van der Waals surface area contributed by atoms with E-state index in [1.165, 1.54) is 11.3 Å². The third kappa shape index (κ3) is 2.73. The minimum absolute atomic E-state index is 0.00958. The molecule has 1 aromatic rings. The molecule has 0 aliphatic rings. The predicted molar refractivity (Wildman–Crippen MR) is 48.8 cm³/mol. The number of aliphatic hydroxyl groups is 2. The summed E-state index contributed by atoms with van der Waals surface area (Å²) in [7, 11) is 0. The topological polar surface area (TPSA) is 53.4 Å². The molecular weight excluding hydrogens is 174 g/mol. The smallest absolute Gasteiger partial charge is 0.116 e. The van der Waals surface area contributed by atoms with Gasteiger partial charge in [-0.25, -0.2) is 4.98 Å². The van der Waals surface area contributed by atoms with Gasteiger partial charge in [-0.2, -0.15) is 0 Å². The molecule has 3 nitrogen and oxygen atoms in total. The highest BCUT2D eigenvalue weighted by atomic mass is 32.1. The predicted octanol–water partition coefficient (Wildman–Crippen LogP) is 1.03. The zero-order chi connectivity index (χ0) is 8.81. The van der Waals surface area contributed by atoms with Crippen molar-refractivity contribution in [1.82, 2.24) is 4.98 Å². The largest absolute Gasteiger partial charge is 0.396 e. The van der Waals surface area contributed by atoms with E-state index in [9.17, 15) is 0 Å². The highest BCUT2D eigenvalue weighted by molar-refractivity contribution is 7.10. The van der Waals surface area contributed by atoms with E-state index in [1.54, 1.807) is 0 Å². The van der Waals surface area contributed by atoms with Crippen molar-refractivity contribution in [3.05, 3.63) is 22.2 Å². The summed E-state index contributed by atoms with van der Waals surface area (Å²) >= 11 is 1.49. The van der Waals surface area contributed by atoms with E-state index in [0.29, 0.717) is 12.1 Å². The van der Waals surface area contributed by atoms with Gasteiger partial charge >= 0.3 is 0 Å². The molecule has 0 aliphatic heterocycles. The molecule has 2 N–H and O–H groups in total. The van der Waals surface area contributed by atoms with Crippen LogP contribution in [0.1, 0.15) is 17.1 Å². The number of thiazole rings is 1. The number of aromatic nitrogens is 1. The van der Waals surface area contributed by atoms with Crippen molar-refractivity contribution in [2.45, 2.75) is 13.0 Å². The van der Waals surface area contributed by atoms with Crippen LogP contribution in [0.25, 0.3) is 6.08 Å². The number of aliphatic hydroxyl groups excluding tert-OH is 2. The van der Waals surface area contributed by atoms with Gasteiger partial charge in [-0.1, -0.05) is 6.08 Å². The van der Waals surface area contributed by atoms with Crippen LogP contribution in [0, 0.1) is 0 Å². The highest BCUT2D eigenvalue weighted by Gasteiger charge is 1.95. The summed E-state index contributed by atoms with van der Waals surface area (Å²) in [6.07, 6.45) is 4.36. The first-order valence-corrected chi connectivity index (χ1v) is 4.57. The Morgan fingerprint density at radius 2 is 2.33 bits per heavy atom. The number of nitrogens with zero attached hydrogens (tertiary/aromatic N) is 1. The molecule has 1 rings (SSSR count). The molecule has 0 amide bonds. The molecule has 0 aromatic carbocycles. The lowest BCUT2D eigenvalue weighted by molar-refractivity contribution is 0.277. The average molecular weight is 185 g/mol. The fourth-order valence-electron chi connectivity index (χ4n) is 0.730. The van der Waals surface area contributed by atoms with Crippen LogP contribution in [0.4, 0.5) is 0 Å². The van der Waals surface area contributed by atoms with E-state index in [0.717, 1.165) is 5.01 Å². The Balaban J connectivity index is 2.51. The van der Waals surface area contributed by atoms with Crippen LogP contribution in [0.5, 0.6) is 0 Å². The van der Waals surface area contributed by atoms with Crippen LogP contribution in [-0.4, -0.2) is 21.8 Å². The lowest BCUT2D eigenvalue weighted by Crippen LogP contribution is -1.81. The minimum atomic E-state index is -0.00958. The SMILES string of the molecule is OCCC=Cc1nc(CO)cs1. The molecule has 0 atom stereocenters. The van der Waals surface area contributed by atoms with Gasteiger partial charge < -0.3 is 10.2 Å². The third-order valence-corrected chi connectivity index (χ3v) is 2.15.